The van der Waals surface area contributed by atoms with Crippen molar-refractivity contribution >= 4 is 21.8 Å². The van der Waals surface area contributed by atoms with E-state index in [2.05, 4.69) is 15.6 Å². The predicted octanol–water partition coefficient (Wildman–Crippen LogP) is 0.594. The number of nitrogens with two attached hydrogens (primary N) is 1. The van der Waals surface area contributed by atoms with Crippen molar-refractivity contribution in [3.8, 4) is 0 Å². The van der Waals surface area contributed by atoms with E-state index in [1.54, 1.807) is 12.1 Å². The summed E-state index contributed by atoms with van der Waals surface area (Å²) in [6, 6.07) is 7.90. The molecule has 1 heterocycles. The van der Waals surface area contributed by atoms with Crippen LogP contribution in [0.15, 0.2) is 47.6 Å². The third-order valence-corrected chi connectivity index (χ3v) is 5.06. The highest BCUT2D eigenvalue weighted by atomic mass is 32.2. The first kappa shape index (κ1) is 19.0. The molecule has 0 unspecified atom stereocenters. The maximum atomic E-state index is 12.3. The van der Waals surface area contributed by atoms with Crippen LogP contribution in [-0.4, -0.2) is 37.8 Å². The van der Waals surface area contributed by atoms with Gasteiger partial charge in [-0.2, -0.15) is 0 Å². The quantitative estimate of drug-likeness (QED) is 0.639. The topological polar surface area (TPSA) is 131 Å². The number of carbonyl (C=O) groups excluding carboxylic acids is 2. The summed E-state index contributed by atoms with van der Waals surface area (Å²) >= 11 is 0. The van der Waals surface area contributed by atoms with Gasteiger partial charge in [-0.1, -0.05) is 12.1 Å². The van der Waals surface area contributed by atoms with E-state index in [9.17, 15) is 18.0 Å². The van der Waals surface area contributed by atoms with Gasteiger partial charge >= 0.3 is 0 Å². The van der Waals surface area contributed by atoms with Crippen LogP contribution in [0.4, 0.5) is 0 Å². The number of aromatic nitrogens is 1. The van der Waals surface area contributed by atoms with Crippen molar-refractivity contribution in [1.29, 1.82) is 0 Å². The minimum Gasteiger partial charge on any atom is -0.352 e. The molecule has 1 fully saturated rings. The Labute approximate surface area is 157 Å². The molecule has 2 aromatic rings. The summed E-state index contributed by atoms with van der Waals surface area (Å²) in [4.78, 5) is 28.3. The highest BCUT2D eigenvalue weighted by Crippen LogP contribution is 2.19. The molecule has 1 aromatic carbocycles. The van der Waals surface area contributed by atoms with Crippen LogP contribution in [0.5, 0.6) is 0 Å². The van der Waals surface area contributed by atoms with Gasteiger partial charge in [0.05, 0.1) is 16.0 Å². The molecular formula is C18H20N4O4S. The van der Waals surface area contributed by atoms with E-state index in [1.807, 2.05) is 0 Å². The summed E-state index contributed by atoms with van der Waals surface area (Å²) in [6.07, 6.45) is 5.33. The molecule has 0 aliphatic heterocycles. The van der Waals surface area contributed by atoms with E-state index in [-0.39, 0.29) is 22.8 Å². The molecule has 4 N–H and O–H groups in total. The normalized spacial score (nSPS) is 13.8. The Morgan fingerprint density at radius 1 is 1.07 bits per heavy atom. The number of benzene rings is 1. The number of hydrogen-bond acceptors (Lipinski definition) is 5. The van der Waals surface area contributed by atoms with Crippen LogP contribution >= 0.6 is 0 Å². The number of hydrogen-bond donors (Lipinski definition) is 3. The number of sulfonamides is 1. The number of nitrogens with zero attached hydrogens (tertiary/aromatic N) is 1. The Morgan fingerprint density at radius 2 is 1.70 bits per heavy atom. The zero-order valence-electron chi connectivity index (χ0n) is 14.5. The molecule has 1 saturated carbocycles. The van der Waals surface area contributed by atoms with E-state index in [1.165, 1.54) is 30.6 Å². The Morgan fingerprint density at radius 3 is 2.30 bits per heavy atom. The molecule has 2 amide bonds. The van der Waals surface area contributed by atoms with Gasteiger partial charge in [0.1, 0.15) is 0 Å². The third-order valence-electron chi connectivity index (χ3n) is 4.13. The van der Waals surface area contributed by atoms with E-state index in [4.69, 9.17) is 5.14 Å². The molecule has 0 spiro atoms. The molecule has 0 radical (unpaired) electrons. The molecule has 27 heavy (non-hydrogen) atoms. The van der Waals surface area contributed by atoms with Crippen LogP contribution in [0.25, 0.3) is 0 Å². The van der Waals surface area contributed by atoms with E-state index in [0.29, 0.717) is 24.1 Å². The first-order valence-electron chi connectivity index (χ1n) is 8.49. The Bertz CT molecular complexity index is 954. The van der Waals surface area contributed by atoms with Gasteiger partial charge in [0.15, 0.2) is 0 Å². The van der Waals surface area contributed by atoms with Gasteiger partial charge < -0.3 is 10.6 Å². The SMILES string of the molecule is NS(=O)(=O)c1ccc(CCNC(=O)c2cncc(C(=O)NC3CC3)c2)cc1. The van der Waals surface area contributed by atoms with Crippen molar-refractivity contribution in [1.82, 2.24) is 15.6 Å². The van der Waals surface area contributed by atoms with Crippen LogP contribution in [0.1, 0.15) is 39.1 Å². The van der Waals surface area contributed by atoms with Crippen molar-refractivity contribution < 1.29 is 18.0 Å². The van der Waals surface area contributed by atoms with Crippen molar-refractivity contribution in [2.24, 2.45) is 5.14 Å². The number of rotatable bonds is 7. The second-order valence-electron chi connectivity index (χ2n) is 6.40. The molecule has 1 aliphatic rings. The van der Waals surface area contributed by atoms with Gasteiger partial charge in [-0.25, -0.2) is 13.6 Å². The Kier molecular flexibility index (Phi) is 5.52. The summed E-state index contributed by atoms with van der Waals surface area (Å²) in [5, 5.41) is 10.7. The molecule has 0 atom stereocenters. The fourth-order valence-corrected chi connectivity index (χ4v) is 2.97. The largest absolute Gasteiger partial charge is 0.352 e. The van der Waals surface area contributed by atoms with Gasteiger partial charge in [-0.15, -0.1) is 0 Å². The third kappa shape index (κ3) is 5.35. The summed E-state index contributed by atoms with van der Waals surface area (Å²) in [5.41, 5.74) is 1.52. The monoisotopic (exact) mass is 388 g/mol. The minimum atomic E-state index is -3.71. The van der Waals surface area contributed by atoms with Crippen LogP contribution in [0, 0.1) is 0 Å². The first-order valence-corrected chi connectivity index (χ1v) is 10.0. The summed E-state index contributed by atoms with van der Waals surface area (Å²) in [7, 11) is -3.71. The maximum Gasteiger partial charge on any atom is 0.253 e. The fourth-order valence-electron chi connectivity index (χ4n) is 2.45. The van der Waals surface area contributed by atoms with Crippen molar-refractivity contribution in [3.63, 3.8) is 0 Å². The van der Waals surface area contributed by atoms with Crippen molar-refractivity contribution in [3.05, 3.63) is 59.4 Å². The molecule has 9 heteroatoms. The number of pyridine rings is 1. The number of nitrogens with one attached hydrogen (secondary N) is 2. The van der Waals surface area contributed by atoms with Crippen LogP contribution in [0.2, 0.25) is 0 Å². The molecule has 3 rings (SSSR count). The van der Waals surface area contributed by atoms with Crippen LogP contribution < -0.4 is 15.8 Å². The van der Waals surface area contributed by atoms with Gasteiger partial charge in [0.25, 0.3) is 11.8 Å². The number of carbonyl (C=O) groups is 2. The lowest BCUT2D eigenvalue weighted by molar-refractivity contribution is 0.0950. The van der Waals surface area contributed by atoms with E-state index >= 15 is 0 Å². The zero-order chi connectivity index (χ0) is 19.4. The molecule has 0 bridgehead atoms. The average Bonchev–Trinajstić information content (AvgIpc) is 3.45. The lowest BCUT2D eigenvalue weighted by Gasteiger charge is -2.07. The molecule has 1 aliphatic carbocycles. The lowest BCUT2D eigenvalue weighted by Crippen LogP contribution is -2.28. The van der Waals surface area contributed by atoms with Crippen LogP contribution in [-0.2, 0) is 16.4 Å². The molecule has 142 valence electrons. The van der Waals surface area contributed by atoms with Gasteiger partial charge in [0, 0.05) is 25.0 Å². The molecule has 0 saturated heterocycles. The highest BCUT2D eigenvalue weighted by Gasteiger charge is 2.24. The predicted molar refractivity (Wildman–Crippen MR) is 98.6 cm³/mol. The van der Waals surface area contributed by atoms with Crippen LogP contribution in [0.3, 0.4) is 0 Å². The molecule has 8 nitrogen and oxygen atoms in total. The standard InChI is InChI=1S/C18H20N4O4S/c19-27(25,26)16-5-1-12(2-6-16)7-8-21-17(23)13-9-14(11-20-10-13)18(24)22-15-3-4-15/h1-2,5-6,9-11,15H,3-4,7-8H2,(H,21,23)(H,22,24)(H2,19,25,26). The average molecular weight is 388 g/mol. The zero-order valence-corrected chi connectivity index (χ0v) is 15.3. The fraction of sp³-hybridized carbons (Fsp3) is 0.278. The first-order chi connectivity index (χ1) is 12.8. The molecular weight excluding hydrogens is 368 g/mol. The number of amides is 2. The van der Waals surface area contributed by atoms with E-state index < -0.39 is 10.0 Å². The Hall–Kier alpha value is -2.78. The van der Waals surface area contributed by atoms with Gasteiger partial charge in [-0.05, 0) is 43.0 Å². The number of primary sulfonamides is 1. The summed E-state index contributed by atoms with van der Waals surface area (Å²) < 4.78 is 22.5. The van der Waals surface area contributed by atoms with Crippen molar-refractivity contribution in [2.45, 2.75) is 30.2 Å². The smallest absolute Gasteiger partial charge is 0.253 e. The summed E-state index contributed by atoms with van der Waals surface area (Å²) in [6.45, 7) is 0.353. The maximum absolute atomic E-state index is 12.3. The second-order valence-corrected chi connectivity index (χ2v) is 7.97. The van der Waals surface area contributed by atoms with E-state index in [0.717, 1.165) is 18.4 Å². The summed E-state index contributed by atoms with van der Waals surface area (Å²) in [5.74, 6) is -0.556. The minimum absolute atomic E-state index is 0.0441. The second kappa shape index (κ2) is 7.85. The van der Waals surface area contributed by atoms with Gasteiger partial charge in [-0.3, -0.25) is 14.6 Å². The lowest BCUT2D eigenvalue weighted by atomic mass is 10.1. The van der Waals surface area contributed by atoms with Crippen molar-refractivity contribution in [2.75, 3.05) is 6.54 Å². The Balaban J connectivity index is 1.54. The van der Waals surface area contributed by atoms with Gasteiger partial charge in [0.2, 0.25) is 10.0 Å². The highest BCUT2D eigenvalue weighted by molar-refractivity contribution is 7.89. The molecule has 1 aromatic heterocycles.